The van der Waals surface area contributed by atoms with Crippen molar-refractivity contribution in [2.24, 2.45) is 0 Å². The van der Waals surface area contributed by atoms with E-state index in [1.807, 2.05) is 6.07 Å². The summed E-state index contributed by atoms with van der Waals surface area (Å²) < 4.78 is 33.7. The molecular weight excluding hydrogens is 450 g/mol. The van der Waals surface area contributed by atoms with E-state index in [-0.39, 0.29) is 46.7 Å². The van der Waals surface area contributed by atoms with Crippen molar-refractivity contribution in [3.63, 3.8) is 0 Å². The predicted octanol–water partition coefficient (Wildman–Crippen LogP) is 0.855. The van der Waals surface area contributed by atoms with Crippen LogP contribution in [-0.4, -0.2) is 51.7 Å². The number of nitriles is 1. The van der Waals surface area contributed by atoms with Crippen molar-refractivity contribution < 1.29 is 18.3 Å². The SMILES string of the molecule is COc1cccc(S(=O)(=O)Nc2ccc(-c3nc4nc(C#N)n(CCO)c(=O)c4[nH]3)cn2)c1. The molecule has 3 aromatic heterocycles. The summed E-state index contributed by atoms with van der Waals surface area (Å²) in [7, 11) is -2.45. The number of fused-ring (bicyclic) bond motifs is 1. The van der Waals surface area contributed by atoms with Crippen LogP contribution in [0.15, 0.2) is 52.3 Å². The quantitative estimate of drug-likeness (QED) is 0.356. The average molecular weight is 467 g/mol. The highest BCUT2D eigenvalue weighted by atomic mass is 32.2. The van der Waals surface area contributed by atoms with Crippen molar-refractivity contribution >= 4 is 27.0 Å². The van der Waals surface area contributed by atoms with E-state index in [1.165, 1.54) is 31.5 Å². The number of H-pyrrole nitrogens is 1. The van der Waals surface area contributed by atoms with Crippen LogP contribution < -0.4 is 15.0 Å². The summed E-state index contributed by atoms with van der Waals surface area (Å²) in [5.74, 6) is 0.570. The monoisotopic (exact) mass is 467 g/mol. The Morgan fingerprint density at radius 3 is 2.76 bits per heavy atom. The second-order valence-corrected chi connectivity index (χ2v) is 8.41. The number of aliphatic hydroxyl groups excluding tert-OH is 1. The number of imidazole rings is 1. The van der Waals surface area contributed by atoms with Crippen LogP contribution >= 0.6 is 0 Å². The van der Waals surface area contributed by atoms with Gasteiger partial charge in [0.15, 0.2) is 11.2 Å². The predicted molar refractivity (Wildman–Crippen MR) is 117 cm³/mol. The molecule has 0 bridgehead atoms. The Morgan fingerprint density at radius 1 is 1.27 bits per heavy atom. The van der Waals surface area contributed by atoms with Gasteiger partial charge in [-0.1, -0.05) is 6.07 Å². The molecule has 12 nitrogen and oxygen atoms in total. The van der Waals surface area contributed by atoms with E-state index in [2.05, 4.69) is 24.7 Å². The summed E-state index contributed by atoms with van der Waals surface area (Å²) in [4.78, 5) is 27.9. The summed E-state index contributed by atoms with van der Waals surface area (Å²) in [5, 5.41) is 18.4. The van der Waals surface area contributed by atoms with E-state index >= 15 is 0 Å². The van der Waals surface area contributed by atoms with E-state index in [9.17, 15) is 18.5 Å². The number of methoxy groups -OCH3 is 1. The van der Waals surface area contributed by atoms with Gasteiger partial charge >= 0.3 is 0 Å². The second-order valence-electron chi connectivity index (χ2n) is 6.73. The van der Waals surface area contributed by atoms with Gasteiger partial charge in [-0.25, -0.2) is 18.4 Å². The lowest BCUT2D eigenvalue weighted by atomic mass is 10.3. The number of hydrogen-bond donors (Lipinski definition) is 3. The van der Waals surface area contributed by atoms with Crippen molar-refractivity contribution in [2.45, 2.75) is 11.4 Å². The van der Waals surface area contributed by atoms with Gasteiger partial charge in [0.2, 0.25) is 5.82 Å². The number of aliphatic hydroxyl groups is 1. The third-order valence-electron chi connectivity index (χ3n) is 4.66. The van der Waals surface area contributed by atoms with Crippen LogP contribution in [0.25, 0.3) is 22.6 Å². The van der Waals surface area contributed by atoms with Crippen molar-refractivity contribution in [3.05, 3.63) is 58.8 Å². The number of aromatic nitrogens is 5. The lowest BCUT2D eigenvalue weighted by Gasteiger charge is -2.08. The molecule has 0 aliphatic rings. The smallest absolute Gasteiger partial charge is 0.280 e. The summed E-state index contributed by atoms with van der Waals surface area (Å²) in [5.41, 5.74) is 0.0349. The maximum Gasteiger partial charge on any atom is 0.280 e. The van der Waals surface area contributed by atoms with Crippen molar-refractivity contribution in [3.8, 4) is 23.2 Å². The number of rotatable bonds is 7. The van der Waals surface area contributed by atoms with Crippen LogP contribution in [0.4, 0.5) is 5.82 Å². The molecule has 0 atom stereocenters. The minimum absolute atomic E-state index is 0.0172. The van der Waals surface area contributed by atoms with E-state index in [1.54, 1.807) is 18.2 Å². The third-order valence-corrected chi connectivity index (χ3v) is 6.01. The van der Waals surface area contributed by atoms with Gasteiger partial charge < -0.3 is 14.8 Å². The Balaban J connectivity index is 1.64. The number of nitrogens with one attached hydrogen (secondary N) is 2. The highest BCUT2D eigenvalue weighted by Gasteiger charge is 2.18. The zero-order valence-corrected chi connectivity index (χ0v) is 18.0. The number of benzene rings is 1. The number of pyridine rings is 1. The van der Waals surface area contributed by atoms with Crippen LogP contribution in [0.2, 0.25) is 0 Å². The summed E-state index contributed by atoms with van der Waals surface area (Å²) in [6.07, 6.45) is 1.37. The molecule has 3 heterocycles. The van der Waals surface area contributed by atoms with Gasteiger partial charge in [0.05, 0.1) is 25.2 Å². The van der Waals surface area contributed by atoms with E-state index in [0.717, 1.165) is 4.57 Å². The van der Waals surface area contributed by atoms with Gasteiger partial charge in [-0.2, -0.15) is 10.2 Å². The number of sulfonamides is 1. The fourth-order valence-electron chi connectivity index (χ4n) is 3.07. The molecule has 13 heteroatoms. The zero-order chi connectivity index (χ0) is 23.6. The van der Waals surface area contributed by atoms with Crippen molar-refractivity contribution in [1.29, 1.82) is 5.26 Å². The molecule has 0 saturated heterocycles. The Morgan fingerprint density at radius 2 is 2.09 bits per heavy atom. The standard InChI is InChI=1S/C20H17N7O5S/c1-32-13-3-2-4-14(9-13)33(30,31)26-15-6-5-12(11-22-15)18-24-17-19(25-18)23-16(10-21)27(7-8-28)20(17)29/h2-6,9,11,28H,7-8H2,1H3,(H,22,26)(H,24,25). The Bertz CT molecular complexity index is 1540. The minimum Gasteiger partial charge on any atom is -0.497 e. The first-order valence-electron chi connectivity index (χ1n) is 9.51. The lowest BCUT2D eigenvalue weighted by Crippen LogP contribution is -2.25. The molecule has 0 spiro atoms. The number of nitrogens with zero attached hydrogens (tertiary/aromatic N) is 5. The summed E-state index contributed by atoms with van der Waals surface area (Å²) >= 11 is 0. The molecule has 0 fully saturated rings. The van der Waals surface area contributed by atoms with E-state index in [4.69, 9.17) is 9.84 Å². The molecule has 0 unspecified atom stereocenters. The largest absolute Gasteiger partial charge is 0.497 e. The van der Waals surface area contributed by atoms with Gasteiger partial charge in [0, 0.05) is 17.8 Å². The minimum atomic E-state index is -3.89. The van der Waals surface area contributed by atoms with Crippen LogP contribution in [0.3, 0.4) is 0 Å². The molecule has 0 aliphatic carbocycles. The Hall–Kier alpha value is -4.28. The van der Waals surface area contributed by atoms with E-state index < -0.39 is 15.6 Å². The highest BCUT2D eigenvalue weighted by molar-refractivity contribution is 7.92. The van der Waals surface area contributed by atoms with E-state index in [0.29, 0.717) is 11.3 Å². The van der Waals surface area contributed by atoms with Crippen LogP contribution in [-0.2, 0) is 16.6 Å². The van der Waals surface area contributed by atoms with Gasteiger partial charge in [-0.15, -0.1) is 0 Å². The fourth-order valence-corrected chi connectivity index (χ4v) is 4.12. The van der Waals surface area contributed by atoms with Crippen molar-refractivity contribution in [1.82, 2.24) is 24.5 Å². The second kappa shape index (κ2) is 8.69. The van der Waals surface area contributed by atoms with Crippen LogP contribution in [0, 0.1) is 11.3 Å². The zero-order valence-electron chi connectivity index (χ0n) is 17.2. The molecule has 3 N–H and O–H groups in total. The molecule has 4 rings (SSSR count). The van der Waals surface area contributed by atoms with Crippen molar-refractivity contribution in [2.75, 3.05) is 18.4 Å². The van der Waals surface area contributed by atoms with Gasteiger partial charge in [-0.05, 0) is 24.3 Å². The molecular formula is C20H17N7O5S. The Labute approximate surface area is 187 Å². The molecule has 168 valence electrons. The number of anilines is 1. The maximum atomic E-state index is 12.6. The summed E-state index contributed by atoms with van der Waals surface area (Å²) in [6.45, 7) is -0.414. The van der Waals surface area contributed by atoms with Gasteiger partial charge in [0.1, 0.15) is 23.5 Å². The van der Waals surface area contributed by atoms with Crippen LogP contribution in [0.1, 0.15) is 5.82 Å². The normalized spacial score (nSPS) is 11.3. The lowest BCUT2D eigenvalue weighted by molar-refractivity contribution is 0.273. The Kier molecular flexibility index (Phi) is 5.78. The first kappa shape index (κ1) is 21.9. The van der Waals surface area contributed by atoms with Gasteiger partial charge in [-0.3, -0.25) is 14.1 Å². The molecule has 1 aromatic carbocycles. The molecule has 0 radical (unpaired) electrons. The molecule has 0 aliphatic heterocycles. The van der Waals surface area contributed by atoms with Gasteiger partial charge in [0.25, 0.3) is 15.6 Å². The molecule has 33 heavy (non-hydrogen) atoms. The molecule has 4 aromatic rings. The first-order chi connectivity index (χ1) is 15.9. The van der Waals surface area contributed by atoms with Crippen LogP contribution in [0.5, 0.6) is 5.75 Å². The topological polar surface area (TPSA) is 176 Å². The highest BCUT2D eigenvalue weighted by Crippen LogP contribution is 2.22. The third kappa shape index (κ3) is 4.25. The fraction of sp³-hybridized carbons (Fsp3) is 0.150. The maximum absolute atomic E-state index is 12.6. The number of ether oxygens (including phenoxy) is 1. The summed E-state index contributed by atoms with van der Waals surface area (Å²) in [6, 6.07) is 10.8. The number of hydrogen-bond acceptors (Lipinski definition) is 9. The molecule has 0 saturated carbocycles. The average Bonchev–Trinajstić information content (AvgIpc) is 3.25. The first-order valence-corrected chi connectivity index (χ1v) is 11.0. The number of aromatic amines is 1. The molecule has 0 amide bonds.